The first-order valence-corrected chi connectivity index (χ1v) is 10.5. The first-order chi connectivity index (χ1) is 14.6. The molecule has 0 spiro atoms. The quantitative estimate of drug-likeness (QED) is 0.503. The monoisotopic (exact) mass is 450 g/mol. The molecule has 1 fully saturated rings. The molecule has 1 saturated heterocycles. The molecule has 0 radical (unpaired) electrons. The molecule has 5 nitrogen and oxygen atoms in total. The van der Waals surface area contributed by atoms with Gasteiger partial charge in [-0.2, -0.15) is 13.2 Å². The Morgan fingerprint density at radius 3 is 2.58 bits per heavy atom. The van der Waals surface area contributed by atoms with E-state index in [4.69, 9.17) is 28.1 Å². The Morgan fingerprint density at radius 2 is 1.90 bits per heavy atom. The molecular weight excluding hydrogens is 427 g/mol. The molecule has 3 aromatic rings. The SMILES string of the molecule is CN1CCC(n2c(C([NH-])Cc3cc(Cl)c(N)c(C(F)(F)F)c3)nc3ccccc32)CC1. The maximum Gasteiger partial charge on any atom is 0.418 e. The van der Waals surface area contributed by atoms with Gasteiger partial charge in [-0.15, -0.1) is 0 Å². The summed E-state index contributed by atoms with van der Waals surface area (Å²) in [6.07, 6.45) is -2.69. The van der Waals surface area contributed by atoms with Gasteiger partial charge in [0.05, 0.1) is 33.1 Å². The van der Waals surface area contributed by atoms with Crippen LogP contribution in [0.25, 0.3) is 16.8 Å². The van der Waals surface area contributed by atoms with Gasteiger partial charge in [0.1, 0.15) is 0 Å². The van der Waals surface area contributed by atoms with Gasteiger partial charge in [-0.1, -0.05) is 29.8 Å². The van der Waals surface area contributed by atoms with E-state index in [9.17, 15) is 13.2 Å². The Hall–Kier alpha value is -2.29. The molecule has 4 rings (SSSR count). The summed E-state index contributed by atoms with van der Waals surface area (Å²) in [6, 6.07) is 9.49. The number of nitrogens with one attached hydrogen (secondary N) is 1. The van der Waals surface area contributed by atoms with Gasteiger partial charge in [0, 0.05) is 6.04 Å². The molecule has 1 atom stereocenters. The Balaban J connectivity index is 1.71. The topological polar surface area (TPSA) is 70.9 Å². The second-order valence-corrected chi connectivity index (χ2v) is 8.56. The van der Waals surface area contributed by atoms with E-state index in [1.807, 2.05) is 24.3 Å². The predicted octanol–water partition coefficient (Wildman–Crippen LogP) is 5.89. The van der Waals surface area contributed by atoms with Crippen molar-refractivity contribution >= 4 is 28.3 Å². The summed E-state index contributed by atoms with van der Waals surface area (Å²) >= 11 is 5.97. The van der Waals surface area contributed by atoms with Crippen molar-refractivity contribution in [3.63, 3.8) is 0 Å². The number of hydrogen-bond donors (Lipinski definition) is 1. The molecule has 1 aromatic heterocycles. The molecule has 0 amide bonds. The summed E-state index contributed by atoms with van der Waals surface area (Å²) in [7, 11) is 2.08. The van der Waals surface area contributed by atoms with Crippen LogP contribution in [0.15, 0.2) is 36.4 Å². The van der Waals surface area contributed by atoms with Crippen LogP contribution < -0.4 is 5.73 Å². The molecule has 3 N–H and O–H groups in total. The molecule has 2 heterocycles. The molecule has 0 saturated carbocycles. The van der Waals surface area contributed by atoms with Crippen molar-refractivity contribution in [1.29, 1.82) is 0 Å². The zero-order chi connectivity index (χ0) is 22.3. The van der Waals surface area contributed by atoms with Crippen molar-refractivity contribution in [3.8, 4) is 0 Å². The summed E-state index contributed by atoms with van der Waals surface area (Å²) in [6.45, 7) is 1.89. The highest BCUT2D eigenvalue weighted by Crippen LogP contribution is 2.39. The van der Waals surface area contributed by atoms with Crippen LogP contribution in [-0.2, 0) is 12.6 Å². The van der Waals surface area contributed by atoms with Gasteiger partial charge in [-0.25, -0.2) is 4.98 Å². The predicted molar refractivity (Wildman–Crippen MR) is 117 cm³/mol. The minimum atomic E-state index is -4.61. The number of nitrogen functional groups attached to an aromatic ring is 1. The third kappa shape index (κ3) is 4.37. The minimum Gasteiger partial charge on any atom is -0.668 e. The van der Waals surface area contributed by atoms with Crippen molar-refractivity contribution in [1.82, 2.24) is 14.5 Å². The number of anilines is 1. The fraction of sp³-hybridized carbons (Fsp3) is 0.409. The summed E-state index contributed by atoms with van der Waals surface area (Å²) in [4.78, 5) is 6.96. The maximum absolute atomic E-state index is 13.3. The Labute approximate surface area is 183 Å². The maximum atomic E-state index is 13.3. The van der Waals surface area contributed by atoms with Crippen molar-refractivity contribution in [2.75, 3.05) is 25.9 Å². The van der Waals surface area contributed by atoms with Crippen molar-refractivity contribution < 1.29 is 13.2 Å². The van der Waals surface area contributed by atoms with Gasteiger partial charge < -0.3 is 20.9 Å². The molecular formula is C22H24ClF3N5-. The van der Waals surface area contributed by atoms with Crippen LogP contribution in [0.3, 0.4) is 0 Å². The first-order valence-electron chi connectivity index (χ1n) is 10.2. The fourth-order valence-corrected chi connectivity index (χ4v) is 4.54. The second kappa shape index (κ2) is 8.33. The van der Waals surface area contributed by atoms with Gasteiger partial charge in [0.25, 0.3) is 0 Å². The lowest BCUT2D eigenvalue weighted by Crippen LogP contribution is -2.32. The number of imidazole rings is 1. The number of para-hydroxylation sites is 2. The lowest BCUT2D eigenvalue weighted by Gasteiger charge is -2.33. The van der Waals surface area contributed by atoms with Crippen molar-refractivity contribution in [2.24, 2.45) is 0 Å². The van der Waals surface area contributed by atoms with Crippen molar-refractivity contribution in [2.45, 2.75) is 37.5 Å². The highest BCUT2D eigenvalue weighted by Gasteiger charge is 2.34. The number of nitrogens with zero attached hydrogens (tertiary/aromatic N) is 3. The number of halogens is 4. The van der Waals surface area contributed by atoms with E-state index in [-0.39, 0.29) is 17.5 Å². The van der Waals surface area contributed by atoms with Crippen LogP contribution in [0, 0.1) is 0 Å². The smallest absolute Gasteiger partial charge is 0.418 e. The molecule has 166 valence electrons. The zero-order valence-electron chi connectivity index (χ0n) is 17.1. The van der Waals surface area contributed by atoms with E-state index in [0.717, 1.165) is 43.0 Å². The third-order valence-corrected chi connectivity index (χ3v) is 6.24. The number of benzene rings is 2. The van der Waals surface area contributed by atoms with Crippen LogP contribution >= 0.6 is 11.6 Å². The summed E-state index contributed by atoms with van der Waals surface area (Å²) in [5.41, 5.74) is 14.9. The molecule has 31 heavy (non-hydrogen) atoms. The van der Waals surface area contributed by atoms with Gasteiger partial charge in [0.15, 0.2) is 0 Å². The third-order valence-electron chi connectivity index (χ3n) is 5.92. The lowest BCUT2D eigenvalue weighted by atomic mass is 10.0. The number of nitrogens with two attached hydrogens (primary N) is 1. The number of likely N-dealkylation sites (tertiary alicyclic amines) is 1. The highest BCUT2D eigenvalue weighted by atomic mass is 35.5. The molecule has 1 unspecified atom stereocenters. The normalized spacial score (nSPS) is 17.4. The number of alkyl halides is 3. The summed E-state index contributed by atoms with van der Waals surface area (Å²) in [5.74, 6) is 0.567. The van der Waals surface area contributed by atoms with Gasteiger partial charge in [0.2, 0.25) is 0 Å². The number of rotatable bonds is 4. The van der Waals surface area contributed by atoms with Crippen LogP contribution in [0.4, 0.5) is 18.9 Å². The Morgan fingerprint density at radius 1 is 1.23 bits per heavy atom. The average molecular weight is 451 g/mol. The second-order valence-electron chi connectivity index (χ2n) is 8.16. The molecule has 9 heteroatoms. The lowest BCUT2D eigenvalue weighted by molar-refractivity contribution is -0.136. The minimum absolute atomic E-state index is 0.0546. The number of hydrogen-bond acceptors (Lipinski definition) is 3. The fourth-order valence-electron chi connectivity index (χ4n) is 4.30. The van der Waals surface area contributed by atoms with E-state index in [1.54, 1.807) is 0 Å². The summed E-state index contributed by atoms with van der Waals surface area (Å²) < 4.78 is 42.1. The van der Waals surface area contributed by atoms with Crippen LogP contribution in [0.2, 0.25) is 5.02 Å². The highest BCUT2D eigenvalue weighted by molar-refractivity contribution is 6.33. The molecule has 1 aliphatic heterocycles. The zero-order valence-corrected chi connectivity index (χ0v) is 17.8. The summed E-state index contributed by atoms with van der Waals surface area (Å²) in [5, 5.41) is -0.152. The average Bonchev–Trinajstić information content (AvgIpc) is 3.10. The molecule has 0 aliphatic carbocycles. The van der Waals surface area contributed by atoms with Gasteiger partial charge >= 0.3 is 6.18 Å². The Kier molecular flexibility index (Phi) is 5.89. The van der Waals surface area contributed by atoms with E-state index in [2.05, 4.69) is 16.5 Å². The van der Waals surface area contributed by atoms with E-state index in [0.29, 0.717) is 11.4 Å². The largest absolute Gasteiger partial charge is 0.668 e. The number of piperidine rings is 1. The number of fused-ring (bicyclic) bond motifs is 1. The van der Waals surface area contributed by atoms with Crippen LogP contribution in [0.1, 0.15) is 41.9 Å². The van der Waals surface area contributed by atoms with Gasteiger partial charge in [-0.3, -0.25) is 0 Å². The van der Waals surface area contributed by atoms with Crippen molar-refractivity contribution in [3.05, 3.63) is 64.1 Å². The standard InChI is InChI=1S/C22H24ClF3N5/c1-30-8-6-14(7-9-30)31-19-5-3-2-4-18(19)29-21(31)17(27)12-13-10-15(22(24,25)26)20(28)16(23)11-13/h2-5,10-11,14,17,27H,6-9,12,28H2,1H3/q-1. The van der Waals surface area contributed by atoms with Crippen LogP contribution in [-0.4, -0.2) is 34.6 Å². The number of aromatic nitrogens is 2. The van der Waals surface area contributed by atoms with Gasteiger partial charge in [-0.05, 0) is 69.2 Å². The van der Waals surface area contributed by atoms with E-state index in [1.165, 1.54) is 6.07 Å². The first kappa shape index (κ1) is 21.9. The van der Waals surface area contributed by atoms with E-state index < -0.39 is 23.5 Å². The molecule has 0 bridgehead atoms. The van der Waals surface area contributed by atoms with Crippen LogP contribution in [0.5, 0.6) is 0 Å². The molecule has 2 aromatic carbocycles. The Bertz CT molecular complexity index is 1090. The van der Waals surface area contributed by atoms with E-state index >= 15 is 0 Å². The molecule has 1 aliphatic rings.